The highest BCUT2D eigenvalue weighted by Crippen LogP contribution is 2.10. The molecule has 0 saturated carbocycles. The summed E-state index contributed by atoms with van der Waals surface area (Å²) >= 11 is 0. The molecule has 0 aliphatic heterocycles. The molecule has 0 radical (unpaired) electrons. The molecule has 0 aromatic carbocycles. The summed E-state index contributed by atoms with van der Waals surface area (Å²) in [7, 11) is 0. The first kappa shape index (κ1) is 20.9. The summed E-state index contributed by atoms with van der Waals surface area (Å²) in [5.41, 5.74) is 10.8. The third-order valence-corrected chi connectivity index (χ3v) is 3.08. The fourth-order valence-corrected chi connectivity index (χ4v) is 1.95. The zero-order chi connectivity index (χ0) is 17.0. The molecule has 0 saturated heterocycles. The third-order valence-electron chi connectivity index (χ3n) is 3.08. The van der Waals surface area contributed by atoms with Gasteiger partial charge in [-0.2, -0.15) is 0 Å². The second kappa shape index (κ2) is 11.4. The normalized spacial score (nSPS) is 12.8. The van der Waals surface area contributed by atoms with E-state index in [0.717, 1.165) is 32.1 Å². The van der Waals surface area contributed by atoms with Gasteiger partial charge in [0.15, 0.2) is 0 Å². The van der Waals surface area contributed by atoms with Crippen molar-refractivity contribution < 1.29 is 14.3 Å². The first-order valence-electron chi connectivity index (χ1n) is 8.21. The van der Waals surface area contributed by atoms with Crippen LogP contribution < -0.4 is 16.8 Å². The number of hydrogen-bond donors (Lipinski definition) is 3. The van der Waals surface area contributed by atoms with Gasteiger partial charge in [0.2, 0.25) is 5.91 Å². The van der Waals surface area contributed by atoms with Crippen LogP contribution in [0.5, 0.6) is 0 Å². The molecule has 1 atom stereocenters. The van der Waals surface area contributed by atoms with Crippen LogP contribution in [0, 0.1) is 0 Å². The van der Waals surface area contributed by atoms with Crippen molar-refractivity contribution in [3.05, 3.63) is 0 Å². The van der Waals surface area contributed by atoms with Crippen LogP contribution in [0.1, 0.15) is 65.7 Å². The average molecular weight is 315 g/mol. The molecule has 0 aromatic rings. The van der Waals surface area contributed by atoms with E-state index in [2.05, 4.69) is 5.32 Å². The van der Waals surface area contributed by atoms with Gasteiger partial charge in [-0.1, -0.05) is 12.8 Å². The smallest absolute Gasteiger partial charge is 0.306 e. The zero-order valence-corrected chi connectivity index (χ0v) is 14.3. The van der Waals surface area contributed by atoms with Crippen molar-refractivity contribution in [1.29, 1.82) is 0 Å². The molecule has 6 heteroatoms. The van der Waals surface area contributed by atoms with E-state index in [0.29, 0.717) is 25.9 Å². The van der Waals surface area contributed by atoms with E-state index in [1.165, 1.54) is 0 Å². The Morgan fingerprint density at radius 1 is 1.09 bits per heavy atom. The Balaban J connectivity index is 3.56. The summed E-state index contributed by atoms with van der Waals surface area (Å²) in [4.78, 5) is 23.2. The van der Waals surface area contributed by atoms with E-state index in [-0.39, 0.29) is 11.9 Å². The molecule has 0 heterocycles. The molecular weight excluding hydrogens is 282 g/mol. The van der Waals surface area contributed by atoms with Gasteiger partial charge in [0, 0.05) is 13.0 Å². The molecular formula is C16H33N3O3. The molecule has 0 unspecified atom stereocenters. The maximum absolute atomic E-state index is 11.7. The molecule has 0 aliphatic carbocycles. The molecule has 130 valence electrons. The van der Waals surface area contributed by atoms with Crippen LogP contribution >= 0.6 is 0 Å². The van der Waals surface area contributed by atoms with E-state index in [1.807, 2.05) is 20.8 Å². The third kappa shape index (κ3) is 12.6. The van der Waals surface area contributed by atoms with Crippen LogP contribution in [0.15, 0.2) is 0 Å². The summed E-state index contributed by atoms with van der Waals surface area (Å²) < 4.78 is 5.23. The first-order valence-corrected chi connectivity index (χ1v) is 8.21. The molecule has 0 spiro atoms. The minimum Gasteiger partial charge on any atom is -0.460 e. The molecule has 5 N–H and O–H groups in total. The van der Waals surface area contributed by atoms with Gasteiger partial charge in [-0.05, 0) is 53.0 Å². The fourth-order valence-electron chi connectivity index (χ4n) is 1.95. The Labute approximate surface area is 134 Å². The molecule has 22 heavy (non-hydrogen) atoms. The van der Waals surface area contributed by atoms with Gasteiger partial charge >= 0.3 is 5.97 Å². The van der Waals surface area contributed by atoms with E-state index < -0.39 is 11.6 Å². The zero-order valence-electron chi connectivity index (χ0n) is 14.3. The molecule has 0 aromatic heterocycles. The number of carbonyl (C=O) groups excluding carboxylic acids is 2. The minimum absolute atomic E-state index is 0.107. The Morgan fingerprint density at radius 2 is 1.77 bits per heavy atom. The monoisotopic (exact) mass is 315 g/mol. The van der Waals surface area contributed by atoms with Crippen LogP contribution in [-0.4, -0.2) is 36.6 Å². The van der Waals surface area contributed by atoms with Gasteiger partial charge < -0.3 is 21.5 Å². The molecule has 0 bridgehead atoms. The number of rotatable bonds is 11. The van der Waals surface area contributed by atoms with Crippen molar-refractivity contribution in [2.75, 3.05) is 13.1 Å². The average Bonchev–Trinajstić information content (AvgIpc) is 2.40. The van der Waals surface area contributed by atoms with Crippen LogP contribution in [0.25, 0.3) is 0 Å². The number of ether oxygens (including phenoxy) is 1. The fraction of sp³-hybridized carbons (Fsp3) is 0.875. The van der Waals surface area contributed by atoms with E-state index >= 15 is 0 Å². The minimum atomic E-state index is -0.451. The maximum Gasteiger partial charge on any atom is 0.306 e. The number of nitrogens with two attached hydrogens (primary N) is 2. The summed E-state index contributed by atoms with van der Waals surface area (Å²) in [6.07, 6.45) is 5.34. The van der Waals surface area contributed by atoms with Gasteiger partial charge in [-0.15, -0.1) is 0 Å². The lowest BCUT2D eigenvalue weighted by molar-refractivity contribution is -0.154. The van der Waals surface area contributed by atoms with E-state index in [1.54, 1.807) is 0 Å². The summed E-state index contributed by atoms with van der Waals surface area (Å²) in [6, 6.07) is -0.451. The van der Waals surface area contributed by atoms with Gasteiger partial charge in [-0.3, -0.25) is 9.59 Å². The maximum atomic E-state index is 11.7. The molecule has 0 rings (SSSR count). The second-order valence-electron chi connectivity index (χ2n) is 6.58. The number of esters is 1. The van der Waals surface area contributed by atoms with Gasteiger partial charge in [0.1, 0.15) is 5.60 Å². The SMILES string of the molecule is CC(C)(C)OC(=O)CCCCCNC(=O)[C@H](N)CCCCN. The predicted molar refractivity (Wildman–Crippen MR) is 88.2 cm³/mol. The largest absolute Gasteiger partial charge is 0.460 e. The van der Waals surface area contributed by atoms with Crippen molar-refractivity contribution in [2.45, 2.75) is 77.4 Å². The predicted octanol–water partition coefficient (Wildman–Crippen LogP) is 1.46. The van der Waals surface area contributed by atoms with Gasteiger partial charge in [0.25, 0.3) is 0 Å². The van der Waals surface area contributed by atoms with E-state index in [4.69, 9.17) is 16.2 Å². The van der Waals surface area contributed by atoms with Crippen LogP contribution in [0.4, 0.5) is 0 Å². The molecule has 1 amide bonds. The number of nitrogens with one attached hydrogen (secondary N) is 1. The van der Waals surface area contributed by atoms with Crippen LogP contribution in [-0.2, 0) is 14.3 Å². The number of carbonyl (C=O) groups is 2. The lowest BCUT2D eigenvalue weighted by atomic mass is 10.1. The highest BCUT2D eigenvalue weighted by molar-refractivity contribution is 5.81. The Morgan fingerprint density at radius 3 is 2.36 bits per heavy atom. The van der Waals surface area contributed by atoms with Crippen molar-refractivity contribution in [1.82, 2.24) is 5.32 Å². The van der Waals surface area contributed by atoms with Gasteiger partial charge in [-0.25, -0.2) is 0 Å². The summed E-state index contributed by atoms with van der Waals surface area (Å²) in [5.74, 6) is -0.275. The Hall–Kier alpha value is -1.14. The molecule has 0 aliphatic rings. The first-order chi connectivity index (χ1) is 10.3. The lowest BCUT2D eigenvalue weighted by Crippen LogP contribution is -2.40. The van der Waals surface area contributed by atoms with Crippen molar-refractivity contribution in [3.63, 3.8) is 0 Å². The quantitative estimate of drug-likeness (QED) is 0.395. The number of hydrogen-bond acceptors (Lipinski definition) is 5. The standard InChI is InChI=1S/C16H33N3O3/c1-16(2,3)22-14(20)10-5-4-8-12-19-15(21)13(18)9-6-7-11-17/h13H,4-12,17-18H2,1-3H3,(H,19,21)/t13-/m1/s1. The van der Waals surface area contributed by atoms with Gasteiger partial charge in [0.05, 0.1) is 6.04 Å². The van der Waals surface area contributed by atoms with Crippen molar-refractivity contribution in [2.24, 2.45) is 11.5 Å². The molecule has 6 nitrogen and oxygen atoms in total. The summed E-state index contributed by atoms with van der Waals surface area (Å²) in [5, 5.41) is 2.82. The second-order valence-corrected chi connectivity index (χ2v) is 6.58. The summed E-state index contributed by atoms with van der Waals surface area (Å²) in [6.45, 7) is 6.80. The Bertz CT molecular complexity index is 327. The van der Waals surface area contributed by atoms with Crippen molar-refractivity contribution >= 4 is 11.9 Å². The number of amides is 1. The topological polar surface area (TPSA) is 107 Å². The van der Waals surface area contributed by atoms with Crippen LogP contribution in [0.2, 0.25) is 0 Å². The number of unbranched alkanes of at least 4 members (excludes halogenated alkanes) is 3. The van der Waals surface area contributed by atoms with Crippen molar-refractivity contribution in [3.8, 4) is 0 Å². The lowest BCUT2D eigenvalue weighted by Gasteiger charge is -2.19. The van der Waals surface area contributed by atoms with Crippen LogP contribution in [0.3, 0.4) is 0 Å². The highest BCUT2D eigenvalue weighted by atomic mass is 16.6. The molecule has 0 fully saturated rings. The highest BCUT2D eigenvalue weighted by Gasteiger charge is 2.15. The Kier molecular flexibility index (Phi) is 10.8. The van der Waals surface area contributed by atoms with E-state index in [9.17, 15) is 9.59 Å².